The molecule has 62 valence electrons. The maximum atomic E-state index is 5.97. The SMILES string of the molecule is CC1=Nc2cc(Cl)c(C)cc2C1. The molecular formula is C10H10ClN. The van der Waals surface area contributed by atoms with Gasteiger partial charge >= 0.3 is 0 Å². The largest absolute Gasteiger partial charge is 0.257 e. The zero-order valence-electron chi connectivity index (χ0n) is 7.19. The van der Waals surface area contributed by atoms with Crippen LogP contribution in [0.2, 0.25) is 5.02 Å². The highest BCUT2D eigenvalue weighted by atomic mass is 35.5. The quantitative estimate of drug-likeness (QED) is 0.580. The molecule has 0 saturated carbocycles. The van der Waals surface area contributed by atoms with Crippen molar-refractivity contribution >= 4 is 23.0 Å². The fraction of sp³-hybridized carbons (Fsp3) is 0.300. The average Bonchev–Trinajstić information content (AvgIpc) is 2.30. The highest BCUT2D eigenvalue weighted by Gasteiger charge is 2.12. The number of rotatable bonds is 0. The molecule has 1 aliphatic heterocycles. The fourth-order valence-electron chi connectivity index (χ4n) is 1.50. The molecule has 0 radical (unpaired) electrons. The lowest BCUT2D eigenvalue weighted by Crippen LogP contribution is -1.89. The van der Waals surface area contributed by atoms with Crippen LogP contribution >= 0.6 is 11.6 Å². The van der Waals surface area contributed by atoms with E-state index in [-0.39, 0.29) is 0 Å². The normalized spacial score (nSPS) is 14.4. The van der Waals surface area contributed by atoms with E-state index in [9.17, 15) is 0 Å². The van der Waals surface area contributed by atoms with Gasteiger partial charge in [-0.1, -0.05) is 17.7 Å². The van der Waals surface area contributed by atoms with Crippen LogP contribution in [0.5, 0.6) is 0 Å². The van der Waals surface area contributed by atoms with Crippen LogP contribution in [0.15, 0.2) is 17.1 Å². The van der Waals surface area contributed by atoms with Crippen molar-refractivity contribution in [2.45, 2.75) is 20.3 Å². The Balaban J connectivity index is 2.57. The van der Waals surface area contributed by atoms with Gasteiger partial charge in [-0.3, -0.25) is 4.99 Å². The average molecular weight is 180 g/mol. The molecule has 2 rings (SSSR count). The van der Waals surface area contributed by atoms with Gasteiger partial charge in [0.15, 0.2) is 0 Å². The third-order valence-corrected chi connectivity index (χ3v) is 2.52. The minimum Gasteiger partial charge on any atom is -0.257 e. The summed E-state index contributed by atoms with van der Waals surface area (Å²) in [6, 6.07) is 4.07. The standard InChI is InChI=1S/C10H10ClN/c1-6-3-8-4-7(2)12-10(8)5-9(6)11/h3,5H,4H2,1-2H3. The predicted molar refractivity (Wildman–Crippen MR) is 52.7 cm³/mol. The van der Waals surface area contributed by atoms with Gasteiger partial charge in [0.1, 0.15) is 0 Å². The van der Waals surface area contributed by atoms with E-state index < -0.39 is 0 Å². The maximum Gasteiger partial charge on any atom is 0.0679 e. The molecule has 0 atom stereocenters. The molecule has 1 aliphatic rings. The zero-order chi connectivity index (χ0) is 8.72. The van der Waals surface area contributed by atoms with Gasteiger partial charge in [-0.05, 0) is 31.0 Å². The lowest BCUT2D eigenvalue weighted by molar-refractivity contribution is 1.34. The number of benzene rings is 1. The van der Waals surface area contributed by atoms with Crippen LogP contribution in [0.1, 0.15) is 18.1 Å². The van der Waals surface area contributed by atoms with Crippen LogP contribution in [-0.2, 0) is 6.42 Å². The van der Waals surface area contributed by atoms with Crippen LogP contribution in [0.4, 0.5) is 5.69 Å². The van der Waals surface area contributed by atoms with Gasteiger partial charge in [0, 0.05) is 17.2 Å². The second kappa shape index (κ2) is 2.60. The van der Waals surface area contributed by atoms with E-state index in [1.807, 2.05) is 19.9 Å². The molecule has 0 spiro atoms. The zero-order valence-corrected chi connectivity index (χ0v) is 7.94. The van der Waals surface area contributed by atoms with E-state index in [2.05, 4.69) is 11.1 Å². The Hall–Kier alpha value is -0.820. The Morgan fingerprint density at radius 1 is 1.33 bits per heavy atom. The maximum absolute atomic E-state index is 5.97. The van der Waals surface area contributed by atoms with Gasteiger partial charge in [0.25, 0.3) is 0 Å². The van der Waals surface area contributed by atoms with Crippen LogP contribution in [0.3, 0.4) is 0 Å². The van der Waals surface area contributed by atoms with Crippen molar-refractivity contribution in [3.05, 3.63) is 28.3 Å². The van der Waals surface area contributed by atoms with Gasteiger partial charge in [0.05, 0.1) is 5.69 Å². The molecule has 0 aromatic heterocycles. The number of hydrogen-bond donors (Lipinski definition) is 0. The number of aryl methyl sites for hydroxylation is 1. The summed E-state index contributed by atoms with van der Waals surface area (Å²) in [5.41, 5.74) is 4.66. The van der Waals surface area contributed by atoms with Crippen LogP contribution in [0.25, 0.3) is 0 Å². The summed E-state index contributed by atoms with van der Waals surface area (Å²) in [6.45, 7) is 4.07. The first-order valence-electron chi connectivity index (χ1n) is 4.00. The first kappa shape index (κ1) is 7.81. The number of aliphatic imine (C=N–C) groups is 1. The van der Waals surface area contributed by atoms with Crippen molar-refractivity contribution in [2.75, 3.05) is 0 Å². The molecule has 1 heterocycles. The van der Waals surface area contributed by atoms with Crippen LogP contribution in [-0.4, -0.2) is 5.71 Å². The highest BCUT2D eigenvalue weighted by molar-refractivity contribution is 6.31. The lowest BCUT2D eigenvalue weighted by atomic mass is 10.1. The topological polar surface area (TPSA) is 12.4 Å². The van der Waals surface area contributed by atoms with E-state index >= 15 is 0 Å². The first-order valence-corrected chi connectivity index (χ1v) is 4.38. The molecule has 2 heteroatoms. The van der Waals surface area contributed by atoms with E-state index in [4.69, 9.17) is 11.6 Å². The van der Waals surface area contributed by atoms with E-state index in [1.165, 1.54) is 11.3 Å². The summed E-state index contributed by atoms with van der Waals surface area (Å²) in [4.78, 5) is 4.39. The van der Waals surface area contributed by atoms with Crippen LogP contribution < -0.4 is 0 Å². The Morgan fingerprint density at radius 3 is 2.83 bits per heavy atom. The van der Waals surface area contributed by atoms with E-state index in [1.54, 1.807) is 0 Å². The van der Waals surface area contributed by atoms with Crippen molar-refractivity contribution in [2.24, 2.45) is 4.99 Å². The summed E-state index contributed by atoms with van der Waals surface area (Å²) >= 11 is 5.97. The summed E-state index contributed by atoms with van der Waals surface area (Å²) in [7, 11) is 0. The number of nitrogens with zero attached hydrogens (tertiary/aromatic N) is 1. The molecule has 1 aromatic carbocycles. The summed E-state index contributed by atoms with van der Waals surface area (Å²) < 4.78 is 0. The molecule has 12 heavy (non-hydrogen) atoms. The van der Waals surface area contributed by atoms with E-state index in [0.29, 0.717) is 0 Å². The molecule has 0 amide bonds. The van der Waals surface area contributed by atoms with Crippen LogP contribution in [0, 0.1) is 6.92 Å². The van der Waals surface area contributed by atoms with Gasteiger partial charge < -0.3 is 0 Å². The number of hydrogen-bond acceptors (Lipinski definition) is 1. The predicted octanol–water partition coefficient (Wildman–Crippen LogP) is 3.30. The Bertz CT molecular complexity index is 366. The Morgan fingerprint density at radius 2 is 2.08 bits per heavy atom. The molecule has 1 aromatic rings. The summed E-state index contributed by atoms with van der Waals surface area (Å²) in [6.07, 6.45) is 0.980. The molecule has 0 N–H and O–H groups in total. The monoisotopic (exact) mass is 179 g/mol. The smallest absolute Gasteiger partial charge is 0.0679 e. The van der Waals surface area contributed by atoms with Crippen molar-refractivity contribution in [3.8, 4) is 0 Å². The molecule has 0 bridgehead atoms. The van der Waals surface area contributed by atoms with Crippen molar-refractivity contribution in [1.82, 2.24) is 0 Å². The van der Waals surface area contributed by atoms with Gasteiger partial charge in [0.2, 0.25) is 0 Å². The molecule has 0 fully saturated rings. The number of fused-ring (bicyclic) bond motifs is 1. The third kappa shape index (κ3) is 1.14. The molecule has 1 nitrogen and oxygen atoms in total. The lowest BCUT2D eigenvalue weighted by Gasteiger charge is -2.00. The van der Waals surface area contributed by atoms with Crippen molar-refractivity contribution in [3.63, 3.8) is 0 Å². The van der Waals surface area contributed by atoms with Gasteiger partial charge in [-0.25, -0.2) is 0 Å². The third-order valence-electron chi connectivity index (χ3n) is 2.12. The molecule has 0 unspecified atom stereocenters. The minimum absolute atomic E-state index is 0.812. The highest BCUT2D eigenvalue weighted by Crippen LogP contribution is 2.31. The second-order valence-electron chi connectivity index (χ2n) is 3.25. The van der Waals surface area contributed by atoms with E-state index in [0.717, 1.165) is 22.7 Å². The van der Waals surface area contributed by atoms with Crippen molar-refractivity contribution in [1.29, 1.82) is 0 Å². The number of halogens is 1. The minimum atomic E-state index is 0.812. The summed E-state index contributed by atoms with van der Waals surface area (Å²) in [5, 5.41) is 0.812. The molecule has 0 saturated heterocycles. The molecule has 0 aliphatic carbocycles. The first-order chi connectivity index (χ1) is 5.66. The Labute approximate surface area is 77.1 Å². The van der Waals surface area contributed by atoms with Gasteiger partial charge in [-0.2, -0.15) is 0 Å². The Kier molecular flexibility index (Phi) is 1.69. The van der Waals surface area contributed by atoms with Crippen molar-refractivity contribution < 1.29 is 0 Å². The second-order valence-corrected chi connectivity index (χ2v) is 3.66. The fourth-order valence-corrected chi connectivity index (χ4v) is 1.66. The van der Waals surface area contributed by atoms with Gasteiger partial charge in [-0.15, -0.1) is 0 Å². The molecular weight excluding hydrogens is 170 g/mol. The summed E-state index contributed by atoms with van der Waals surface area (Å²) in [5.74, 6) is 0.